The third-order valence-corrected chi connectivity index (χ3v) is 8.55. The van der Waals surface area contributed by atoms with Gasteiger partial charge in [0.1, 0.15) is 0 Å². The van der Waals surface area contributed by atoms with Gasteiger partial charge in [0.2, 0.25) is 0 Å². The van der Waals surface area contributed by atoms with Gasteiger partial charge in [0.25, 0.3) is 12.4 Å². The van der Waals surface area contributed by atoms with Crippen molar-refractivity contribution in [2.45, 2.75) is 39.6 Å². The molecule has 0 aromatic heterocycles. The summed E-state index contributed by atoms with van der Waals surface area (Å²) in [5, 5.41) is -2.25. The number of benzene rings is 2. The van der Waals surface area contributed by atoms with Crippen LogP contribution in [0.3, 0.4) is 0 Å². The second kappa shape index (κ2) is 10.0. The Hall–Kier alpha value is -2.90. The molecule has 0 saturated carbocycles. The summed E-state index contributed by atoms with van der Waals surface area (Å²) >= 11 is 0. The Morgan fingerprint density at radius 2 is 1.03 bits per heavy atom. The molecule has 0 fully saturated rings. The van der Waals surface area contributed by atoms with Crippen LogP contribution in [0.1, 0.15) is 19.3 Å². The van der Waals surface area contributed by atoms with Gasteiger partial charge in [0, 0.05) is 0 Å². The first kappa shape index (κ1) is 22.4. The smallest absolute Gasteiger partial charge is 0.275 e. The first-order valence-corrected chi connectivity index (χ1v) is 11.9. The van der Waals surface area contributed by atoms with E-state index < -0.39 is 30.2 Å². The lowest BCUT2D eigenvalue weighted by molar-refractivity contribution is 0.000985. The van der Waals surface area contributed by atoms with Crippen molar-refractivity contribution in [3.05, 3.63) is 71.7 Å². The van der Waals surface area contributed by atoms with Gasteiger partial charge in [-0.2, -0.15) is 9.58 Å². The minimum Gasteiger partial charge on any atom is -0.362 e. The summed E-state index contributed by atoms with van der Waals surface area (Å²) < 4.78 is 51.0. The monoisotopic (exact) mass is 432 g/mol. The van der Waals surface area contributed by atoms with E-state index in [1.807, 2.05) is 0 Å². The van der Waals surface area contributed by atoms with Crippen LogP contribution in [-0.4, -0.2) is 49.3 Å². The predicted octanol–water partition coefficient (Wildman–Crippen LogP) is 2.44. The first-order valence-electron chi connectivity index (χ1n) is 8.77. The predicted molar refractivity (Wildman–Crippen MR) is 108 cm³/mol. The van der Waals surface area contributed by atoms with E-state index >= 15 is 0 Å². The van der Waals surface area contributed by atoms with Crippen LogP contribution >= 0.6 is 0 Å². The van der Waals surface area contributed by atoms with E-state index in [-0.39, 0.29) is 29.1 Å². The summed E-state index contributed by atoms with van der Waals surface area (Å²) in [5.41, 5.74) is 17.7. The van der Waals surface area contributed by atoms with Crippen molar-refractivity contribution < 1.29 is 26.4 Å². The van der Waals surface area contributed by atoms with Gasteiger partial charge >= 0.3 is 0 Å². The summed E-state index contributed by atoms with van der Waals surface area (Å²) in [5.74, 6) is 0. The molecule has 0 saturated heterocycles. The standard InChI is InChI=1S/C19H20N4O4S2/c20-22-14-18(28(24,25)16-8-3-1-4-9-16)12-7-13-19(15-23-21)29(26,27)17-10-5-2-6-11-17/h1-6,8-11,14-15,18-19H,7,12-13H2. The van der Waals surface area contributed by atoms with Crippen molar-refractivity contribution in [3.63, 3.8) is 0 Å². The van der Waals surface area contributed by atoms with Crippen molar-refractivity contribution >= 4 is 32.1 Å². The van der Waals surface area contributed by atoms with Crippen molar-refractivity contribution in [3.8, 4) is 0 Å². The van der Waals surface area contributed by atoms with E-state index in [0.29, 0.717) is 0 Å². The maximum absolute atomic E-state index is 12.8. The Morgan fingerprint density at radius 1 is 0.690 bits per heavy atom. The largest absolute Gasteiger partial charge is 0.362 e. The van der Waals surface area contributed by atoms with Crippen LogP contribution in [-0.2, 0) is 19.7 Å². The summed E-state index contributed by atoms with van der Waals surface area (Å²) in [6.45, 7) is 0. The quantitative estimate of drug-likeness (QED) is 0.323. The van der Waals surface area contributed by atoms with E-state index in [0.717, 1.165) is 12.4 Å². The lowest BCUT2D eigenvalue weighted by atomic mass is 10.1. The van der Waals surface area contributed by atoms with Crippen molar-refractivity contribution in [2.24, 2.45) is 0 Å². The van der Waals surface area contributed by atoms with Gasteiger partial charge in [-0.15, -0.1) is 0 Å². The Labute approximate surface area is 169 Å². The number of hydrogen-bond acceptors (Lipinski definition) is 4. The summed E-state index contributed by atoms with van der Waals surface area (Å²) in [4.78, 5) is 5.90. The van der Waals surface area contributed by atoms with Crippen molar-refractivity contribution in [2.75, 3.05) is 0 Å². The topological polar surface area (TPSA) is 141 Å². The molecule has 29 heavy (non-hydrogen) atoms. The van der Waals surface area contributed by atoms with Gasteiger partial charge in [-0.25, -0.2) is 16.8 Å². The molecule has 10 heteroatoms. The zero-order valence-corrected chi connectivity index (χ0v) is 17.1. The van der Waals surface area contributed by atoms with Crippen LogP contribution in [0, 0.1) is 0 Å². The molecule has 2 unspecified atom stereocenters. The highest BCUT2D eigenvalue weighted by Crippen LogP contribution is 2.22. The zero-order chi connectivity index (χ0) is 21.3. The Kier molecular flexibility index (Phi) is 7.75. The SMILES string of the molecule is [N-]=[N+]=CC(CCCC(C=[N+]=[N-])S(=O)(=O)c1ccccc1)S(=O)(=O)c1ccccc1. The number of sulfone groups is 2. The highest BCUT2D eigenvalue weighted by Gasteiger charge is 2.32. The molecule has 2 aromatic carbocycles. The molecule has 2 aromatic rings. The zero-order valence-electron chi connectivity index (χ0n) is 15.4. The molecule has 2 rings (SSSR count). The van der Waals surface area contributed by atoms with Crippen LogP contribution in [0.25, 0.3) is 11.1 Å². The Morgan fingerprint density at radius 3 is 1.34 bits per heavy atom. The molecule has 0 N–H and O–H groups in total. The average molecular weight is 433 g/mol. The minimum atomic E-state index is -3.80. The number of nitrogens with zero attached hydrogens (tertiary/aromatic N) is 4. The fourth-order valence-electron chi connectivity index (χ4n) is 2.86. The molecule has 0 amide bonds. The van der Waals surface area contributed by atoms with Gasteiger partial charge in [-0.3, -0.25) is 0 Å². The molecule has 0 aliphatic heterocycles. The summed E-state index contributed by atoms with van der Waals surface area (Å²) in [7, 11) is -7.61. The maximum Gasteiger partial charge on any atom is 0.275 e. The van der Waals surface area contributed by atoms with E-state index in [9.17, 15) is 16.8 Å². The molecule has 8 nitrogen and oxygen atoms in total. The van der Waals surface area contributed by atoms with Crippen LogP contribution < -0.4 is 0 Å². The molecule has 0 spiro atoms. The van der Waals surface area contributed by atoms with E-state index in [1.54, 1.807) is 36.4 Å². The van der Waals surface area contributed by atoms with Gasteiger partial charge in [-0.05, 0) is 43.5 Å². The van der Waals surface area contributed by atoms with E-state index in [4.69, 9.17) is 11.1 Å². The second-order valence-corrected chi connectivity index (χ2v) is 10.6. The van der Waals surface area contributed by atoms with Gasteiger partial charge in [-0.1, -0.05) is 36.4 Å². The molecular formula is C19H20N4O4S2. The highest BCUT2D eigenvalue weighted by atomic mass is 32.2. The first-order chi connectivity index (χ1) is 13.8. The Bertz CT molecular complexity index is 1030. The Balaban J connectivity index is 2.19. The molecule has 152 valence electrons. The summed E-state index contributed by atoms with van der Waals surface area (Å²) in [6, 6.07) is 15.5. The van der Waals surface area contributed by atoms with Crippen LogP contribution in [0.15, 0.2) is 70.5 Å². The third-order valence-electron chi connectivity index (χ3n) is 4.38. The molecule has 0 aliphatic rings. The number of hydrogen-bond donors (Lipinski definition) is 0. The second-order valence-electron chi connectivity index (χ2n) is 6.25. The molecule has 2 atom stereocenters. The van der Waals surface area contributed by atoms with Gasteiger partial charge in [0.05, 0.1) is 9.79 Å². The minimum absolute atomic E-state index is 0.0291. The maximum atomic E-state index is 12.8. The fourth-order valence-corrected chi connectivity index (χ4v) is 6.01. The van der Waals surface area contributed by atoms with Crippen molar-refractivity contribution in [1.82, 2.24) is 0 Å². The van der Waals surface area contributed by atoms with Crippen molar-refractivity contribution in [1.29, 1.82) is 0 Å². The van der Waals surface area contributed by atoms with Crippen LogP contribution in [0.5, 0.6) is 0 Å². The lowest BCUT2D eigenvalue weighted by Gasteiger charge is -2.13. The molecular weight excluding hydrogens is 412 g/mol. The molecule has 0 bridgehead atoms. The molecule has 0 radical (unpaired) electrons. The normalized spacial score (nSPS) is 13.5. The fraction of sp³-hybridized carbons (Fsp3) is 0.263. The van der Waals surface area contributed by atoms with Crippen LogP contribution in [0.4, 0.5) is 0 Å². The number of rotatable bonds is 10. The van der Waals surface area contributed by atoms with E-state index in [2.05, 4.69) is 9.58 Å². The van der Waals surface area contributed by atoms with Gasteiger partial charge in [0.15, 0.2) is 30.2 Å². The van der Waals surface area contributed by atoms with E-state index in [1.165, 1.54) is 24.3 Å². The van der Waals surface area contributed by atoms with Gasteiger partial charge < -0.3 is 11.1 Å². The average Bonchev–Trinajstić information content (AvgIpc) is 2.73. The third kappa shape index (κ3) is 5.56. The lowest BCUT2D eigenvalue weighted by Crippen LogP contribution is -2.26. The van der Waals surface area contributed by atoms with Crippen LogP contribution in [0.2, 0.25) is 0 Å². The highest BCUT2D eigenvalue weighted by molar-refractivity contribution is 7.93. The molecule has 0 aliphatic carbocycles. The molecule has 0 heterocycles. The summed E-state index contributed by atoms with van der Waals surface area (Å²) in [6.07, 6.45) is 2.07.